The van der Waals surface area contributed by atoms with Crippen LogP contribution < -0.4 is 72.6 Å². The zero-order valence-corrected chi connectivity index (χ0v) is 44.1. The zero-order chi connectivity index (χ0) is 43.6. The second-order valence-corrected chi connectivity index (χ2v) is 18.2. The average molecular weight is 927 g/mol. The Kier molecular flexibility index (Phi) is 35.8. The molecule has 0 atom stereocenters. The minimum absolute atomic E-state index is 0. The number of hydrogen-bond donors (Lipinski definition) is 4. The molecule has 5 rings (SSSR count). The van der Waals surface area contributed by atoms with Crippen molar-refractivity contribution in [1.82, 2.24) is 0 Å². The highest BCUT2D eigenvalue weighted by molar-refractivity contribution is 5.51. The van der Waals surface area contributed by atoms with Crippen molar-refractivity contribution in [3.63, 3.8) is 0 Å². The first-order valence-corrected chi connectivity index (χ1v) is 22.0. The molecule has 0 radical (unpaired) electrons. The summed E-state index contributed by atoms with van der Waals surface area (Å²) in [6.07, 6.45) is 2.56. The fraction of sp³-hybridized carbons (Fsp3) is 0.538. The number of rotatable bonds is 8. The Hall–Kier alpha value is -2.16. The normalized spacial score (nSPS) is 11.6. The lowest BCUT2D eigenvalue weighted by Gasteiger charge is -2.12. The molecule has 4 aromatic carbocycles. The van der Waals surface area contributed by atoms with Gasteiger partial charge < -0.3 is 77.3 Å². The third-order valence-electron chi connectivity index (χ3n) is 10.8. The minimum atomic E-state index is 0. The van der Waals surface area contributed by atoms with Crippen molar-refractivity contribution in [3.05, 3.63) is 117 Å². The summed E-state index contributed by atoms with van der Waals surface area (Å²) in [7, 11) is 0. The van der Waals surface area contributed by atoms with Gasteiger partial charge in [-0.05, 0) is 60.2 Å². The van der Waals surface area contributed by atoms with Crippen LogP contribution in [0.2, 0.25) is 0 Å². The van der Waals surface area contributed by atoms with E-state index in [9.17, 15) is 0 Å². The van der Waals surface area contributed by atoms with Gasteiger partial charge in [-0.2, -0.15) is 0 Å². The van der Waals surface area contributed by atoms with Crippen LogP contribution in [0.3, 0.4) is 0 Å². The summed E-state index contributed by atoms with van der Waals surface area (Å²) in [5, 5.41) is 0. The molecular weight excluding hydrogens is 838 g/mol. The molecule has 1 heterocycles. The van der Waals surface area contributed by atoms with Crippen LogP contribution in [-0.2, 0) is 4.74 Å². The van der Waals surface area contributed by atoms with Crippen molar-refractivity contribution in [1.29, 1.82) is 0 Å². The van der Waals surface area contributed by atoms with E-state index in [4.69, 9.17) is 4.74 Å². The molecule has 1 aliphatic heterocycles. The molecule has 1 aliphatic rings. The first kappa shape index (κ1) is 65.5. The fourth-order valence-corrected chi connectivity index (χ4v) is 7.33. The van der Waals surface area contributed by atoms with Crippen LogP contribution in [0.4, 0.5) is 22.7 Å². The maximum Gasteiger partial charge on any atom is 0.134 e. The smallest absolute Gasteiger partial charge is 0.134 e. The van der Waals surface area contributed by atoms with Crippen molar-refractivity contribution >= 4 is 22.7 Å². The monoisotopic (exact) mass is 925 g/mol. The Morgan fingerprint density at radius 1 is 0.295 bits per heavy atom. The van der Waals surface area contributed by atoms with Gasteiger partial charge in [0.05, 0.1) is 0 Å². The second kappa shape index (κ2) is 33.4. The van der Waals surface area contributed by atoms with Gasteiger partial charge in [0.25, 0.3) is 0 Å². The number of ether oxygens (including phenoxy) is 1. The van der Waals surface area contributed by atoms with Crippen molar-refractivity contribution in [2.75, 3.05) is 13.2 Å². The van der Waals surface area contributed by atoms with Crippen LogP contribution >= 0.6 is 0 Å². The average Bonchev–Trinajstić information content (AvgIpc) is 3.73. The Balaban J connectivity index is -0.000000334. The molecule has 12 N–H and O–H groups in total. The first-order valence-electron chi connectivity index (χ1n) is 22.0. The van der Waals surface area contributed by atoms with Gasteiger partial charge in [-0.25, -0.2) is 0 Å². The molecular formula is C52H88Cl4N4O. The molecule has 0 aliphatic carbocycles. The Bertz CT molecular complexity index is 1390. The molecule has 0 saturated carbocycles. The van der Waals surface area contributed by atoms with E-state index in [1.54, 1.807) is 0 Å². The summed E-state index contributed by atoms with van der Waals surface area (Å²) in [6.45, 7) is 37.5. The maximum absolute atomic E-state index is 4.94. The first-order chi connectivity index (χ1) is 26.6. The van der Waals surface area contributed by atoms with Crippen molar-refractivity contribution in [3.8, 4) is 0 Å². The standard InChI is InChI=1S/4C12H19N.C4H8O.4ClH/c4*1-8(2)10-6-5-7-11(9(3)4)12(10)13;1-2-4-5-3-1;;;;/h4*5-9H,13H2,1-4H3;1-4H2;4*1H. The Morgan fingerprint density at radius 2 is 0.426 bits per heavy atom. The van der Waals surface area contributed by atoms with Gasteiger partial charge in [-0.15, -0.1) is 0 Å². The molecule has 5 nitrogen and oxygen atoms in total. The molecule has 0 unspecified atom stereocenters. The largest absolute Gasteiger partial charge is 1.00 e. The molecule has 0 aromatic heterocycles. The van der Waals surface area contributed by atoms with Gasteiger partial charge in [0.1, 0.15) is 22.7 Å². The number of quaternary nitrogens is 4. The molecule has 4 aromatic rings. The predicted molar refractivity (Wildman–Crippen MR) is 249 cm³/mol. The van der Waals surface area contributed by atoms with Gasteiger partial charge in [0, 0.05) is 57.7 Å². The second-order valence-electron chi connectivity index (χ2n) is 18.2. The van der Waals surface area contributed by atoms with Crippen LogP contribution in [0.15, 0.2) is 72.8 Å². The lowest BCUT2D eigenvalue weighted by Crippen LogP contribution is -3.00. The number of hydrogen-bond acceptors (Lipinski definition) is 1. The van der Waals surface area contributed by atoms with Crippen LogP contribution in [0.25, 0.3) is 0 Å². The number of benzene rings is 4. The lowest BCUT2D eigenvalue weighted by molar-refractivity contribution is -0.257. The molecule has 0 spiro atoms. The molecule has 1 saturated heterocycles. The molecule has 350 valence electrons. The molecule has 9 heteroatoms. The molecule has 1 fully saturated rings. The van der Waals surface area contributed by atoms with Crippen LogP contribution in [0.1, 0.15) is 215 Å². The highest BCUT2D eigenvalue weighted by atomic mass is 35.5. The third-order valence-corrected chi connectivity index (χ3v) is 10.8. The molecule has 0 amide bonds. The third kappa shape index (κ3) is 21.9. The van der Waals surface area contributed by atoms with E-state index < -0.39 is 0 Å². The minimum Gasteiger partial charge on any atom is -1.00 e. The van der Waals surface area contributed by atoms with Crippen molar-refractivity contribution in [2.45, 2.75) is 171 Å². The SMILES string of the molecule is C1CCOC1.CC(C)c1cccc(C(C)C)c1[NH3+].CC(C)c1cccc(C(C)C)c1[NH3+].CC(C)c1cccc(C(C)C)c1[NH3+].CC(C)c1cccc(C(C)C)c1[NH3+].[Cl-].[Cl-].[Cl-].[Cl-]. The quantitative estimate of drug-likeness (QED) is 0.197. The summed E-state index contributed by atoms with van der Waals surface area (Å²) in [4.78, 5) is 0. The van der Waals surface area contributed by atoms with Crippen molar-refractivity contribution < 1.29 is 77.3 Å². The van der Waals surface area contributed by atoms with E-state index in [2.05, 4.69) is 207 Å². The summed E-state index contributed by atoms with van der Waals surface area (Å²) in [5.74, 6) is 4.60. The Labute approximate surface area is 399 Å². The van der Waals surface area contributed by atoms with Gasteiger partial charge in [-0.3, -0.25) is 0 Å². The summed E-state index contributed by atoms with van der Waals surface area (Å²) < 4.78 is 4.94. The van der Waals surface area contributed by atoms with E-state index in [0.717, 1.165) is 13.2 Å². The summed E-state index contributed by atoms with van der Waals surface area (Å²) >= 11 is 0. The van der Waals surface area contributed by atoms with Gasteiger partial charge >= 0.3 is 0 Å². The van der Waals surface area contributed by atoms with Crippen LogP contribution in [-0.4, -0.2) is 13.2 Å². The van der Waals surface area contributed by atoms with Crippen LogP contribution in [0.5, 0.6) is 0 Å². The summed E-state index contributed by atoms with van der Waals surface area (Å²) in [6, 6.07) is 26.0. The van der Waals surface area contributed by atoms with E-state index >= 15 is 0 Å². The van der Waals surface area contributed by atoms with Gasteiger partial charge in [0.2, 0.25) is 0 Å². The van der Waals surface area contributed by atoms with Gasteiger partial charge in [0.15, 0.2) is 0 Å². The summed E-state index contributed by atoms with van der Waals surface area (Å²) in [5.41, 5.74) is 32.6. The maximum atomic E-state index is 4.94. The predicted octanol–water partition coefficient (Wildman–Crippen LogP) is 0.0400. The molecule has 61 heavy (non-hydrogen) atoms. The van der Waals surface area contributed by atoms with Crippen molar-refractivity contribution in [2.24, 2.45) is 0 Å². The molecule has 0 bridgehead atoms. The van der Waals surface area contributed by atoms with Gasteiger partial charge in [-0.1, -0.05) is 184 Å². The van der Waals surface area contributed by atoms with E-state index in [1.807, 2.05) is 0 Å². The van der Waals surface area contributed by atoms with E-state index in [-0.39, 0.29) is 49.6 Å². The highest BCUT2D eigenvalue weighted by Crippen LogP contribution is 2.31. The zero-order valence-electron chi connectivity index (χ0n) is 41.1. The topological polar surface area (TPSA) is 120 Å². The number of halogens is 4. The highest BCUT2D eigenvalue weighted by Gasteiger charge is 2.16. The van der Waals surface area contributed by atoms with Crippen LogP contribution in [0, 0.1) is 0 Å². The van der Waals surface area contributed by atoms with E-state index in [1.165, 1.54) is 80.1 Å². The van der Waals surface area contributed by atoms with E-state index in [0.29, 0.717) is 47.3 Å². The fourth-order valence-electron chi connectivity index (χ4n) is 7.33. The lowest BCUT2D eigenvalue weighted by atomic mass is 9.93. The Morgan fingerprint density at radius 3 is 0.508 bits per heavy atom.